The Balaban J connectivity index is 1.61. The van der Waals surface area contributed by atoms with Crippen LogP contribution in [0.3, 0.4) is 0 Å². The number of alkyl halides is 3. The summed E-state index contributed by atoms with van der Waals surface area (Å²) in [5, 5.41) is 0.480. The Morgan fingerprint density at radius 3 is 2.45 bits per heavy atom. The molecule has 0 aromatic heterocycles. The molecule has 0 radical (unpaired) electrons. The number of rotatable bonds is 7. The molecular formula is C18H26F3N3O4S. The first kappa shape index (κ1) is 22.4. The summed E-state index contributed by atoms with van der Waals surface area (Å²) in [6, 6.07) is 3.84. The Labute approximate surface area is 168 Å². The van der Waals surface area contributed by atoms with E-state index in [1.807, 2.05) is 0 Å². The average molecular weight is 437 g/mol. The summed E-state index contributed by atoms with van der Waals surface area (Å²) in [5.41, 5.74) is -0.315. The van der Waals surface area contributed by atoms with Crippen LogP contribution in [0.15, 0.2) is 24.3 Å². The van der Waals surface area contributed by atoms with E-state index in [0.717, 1.165) is 31.8 Å². The van der Waals surface area contributed by atoms with Crippen molar-refractivity contribution in [1.29, 1.82) is 0 Å². The van der Waals surface area contributed by atoms with Crippen molar-refractivity contribution in [2.75, 3.05) is 53.0 Å². The second-order valence-corrected chi connectivity index (χ2v) is 9.18. The smallest absolute Gasteiger partial charge is 0.379 e. The molecule has 3 rings (SSSR count). The number of benzene rings is 1. The molecule has 2 heterocycles. The van der Waals surface area contributed by atoms with Gasteiger partial charge >= 0.3 is 6.18 Å². The fraction of sp³-hybridized carbons (Fsp3) is 0.667. The SMILES string of the molecule is CN1OCC(S(=O)(=O)NCCCN2CCOCC2)C1c1ccc(C(F)(F)F)cc1. The molecule has 2 atom stereocenters. The van der Waals surface area contributed by atoms with E-state index in [-0.39, 0.29) is 6.61 Å². The minimum absolute atomic E-state index is 0.0546. The van der Waals surface area contributed by atoms with Crippen molar-refractivity contribution in [2.45, 2.75) is 23.9 Å². The largest absolute Gasteiger partial charge is 0.416 e. The number of halogens is 3. The Bertz CT molecular complexity index is 768. The topological polar surface area (TPSA) is 71.1 Å². The average Bonchev–Trinajstić information content (AvgIpc) is 3.08. The minimum Gasteiger partial charge on any atom is -0.379 e. The van der Waals surface area contributed by atoms with Crippen molar-refractivity contribution in [2.24, 2.45) is 0 Å². The van der Waals surface area contributed by atoms with Crippen molar-refractivity contribution < 1.29 is 31.2 Å². The molecule has 0 bridgehead atoms. The first-order valence-corrected chi connectivity index (χ1v) is 11.0. The van der Waals surface area contributed by atoms with Crippen LogP contribution >= 0.6 is 0 Å². The van der Waals surface area contributed by atoms with E-state index < -0.39 is 33.1 Å². The van der Waals surface area contributed by atoms with Crippen LogP contribution < -0.4 is 4.72 Å². The van der Waals surface area contributed by atoms with Crippen LogP contribution in [-0.4, -0.2) is 76.7 Å². The first-order chi connectivity index (χ1) is 13.7. The number of ether oxygens (including phenoxy) is 1. The fourth-order valence-corrected chi connectivity index (χ4v) is 5.15. The van der Waals surface area contributed by atoms with Crippen molar-refractivity contribution in [3.05, 3.63) is 35.4 Å². The van der Waals surface area contributed by atoms with Crippen LogP contribution in [0.2, 0.25) is 0 Å². The van der Waals surface area contributed by atoms with Gasteiger partial charge in [0.2, 0.25) is 10.0 Å². The lowest BCUT2D eigenvalue weighted by Crippen LogP contribution is -2.41. The van der Waals surface area contributed by atoms with Crippen molar-refractivity contribution in [3.63, 3.8) is 0 Å². The Kier molecular flexibility index (Phi) is 7.18. The van der Waals surface area contributed by atoms with Crippen LogP contribution in [0.1, 0.15) is 23.6 Å². The molecule has 2 aliphatic rings. The molecule has 7 nitrogen and oxygen atoms in total. The Morgan fingerprint density at radius 1 is 1.17 bits per heavy atom. The van der Waals surface area contributed by atoms with Gasteiger partial charge in [-0.25, -0.2) is 13.1 Å². The number of hydrogen-bond acceptors (Lipinski definition) is 6. The predicted molar refractivity (Wildman–Crippen MR) is 100 cm³/mol. The second-order valence-electron chi connectivity index (χ2n) is 7.19. The summed E-state index contributed by atoms with van der Waals surface area (Å²) in [5.74, 6) is 0. The zero-order valence-corrected chi connectivity index (χ0v) is 17.0. The van der Waals surface area contributed by atoms with Crippen molar-refractivity contribution in [3.8, 4) is 0 Å². The molecule has 164 valence electrons. The maximum Gasteiger partial charge on any atom is 0.416 e. The quantitative estimate of drug-likeness (QED) is 0.654. The summed E-state index contributed by atoms with van der Waals surface area (Å²) in [6.07, 6.45) is -3.78. The molecule has 1 N–H and O–H groups in total. The van der Waals surface area contributed by atoms with E-state index in [4.69, 9.17) is 9.57 Å². The van der Waals surface area contributed by atoms with Crippen LogP contribution in [-0.2, 0) is 25.8 Å². The molecule has 0 amide bonds. The van der Waals surface area contributed by atoms with Gasteiger partial charge < -0.3 is 4.74 Å². The minimum atomic E-state index is -4.44. The number of nitrogens with zero attached hydrogens (tertiary/aromatic N) is 2. The van der Waals surface area contributed by atoms with Gasteiger partial charge in [-0.2, -0.15) is 18.2 Å². The zero-order valence-electron chi connectivity index (χ0n) is 16.2. The van der Waals surface area contributed by atoms with E-state index in [2.05, 4.69) is 9.62 Å². The van der Waals surface area contributed by atoms with E-state index in [0.29, 0.717) is 31.7 Å². The van der Waals surface area contributed by atoms with Crippen molar-refractivity contribution >= 4 is 10.0 Å². The van der Waals surface area contributed by atoms with Crippen LogP contribution in [0.5, 0.6) is 0 Å². The Morgan fingerprint density at radius 2 is 1.83 bits per heavy atom. The van der Waals surface area contributed by atoms with Gasteiger partial charge in [-0.05, 0) is 30.7 Å². The van der Waals surface area contributed by atoms with E-state index in [1.165, 1.54) is 17.2 Å². The highest BCUT2D eigenvalue weighted by atomic mass is 32.2. The lowest BCUT2D eigenvalue weighted by atomic mass is 10.0. The molecule has 0 spiro atoms. The number of nitrogens with one attached hydrogen (secondary N) is 1. The number of sulfonamides is 1. The molecule has 11 heteroatoms. The van der Waals surface area contributed by atoms with Gasteiger partial charge in [0.25, 0.3) is 0 Å². The Hall–Kier alpha value is -1.24. The molecule has 29 heavy (non-hydrogen) atoms. The molecular weight excluding hydrogens is 411 g/mol. The zero-order chi connectivity index (χ0) is 21.1. The van der Waals surface area contributed by atoms with Crippen LogP contribution in [0.25, 0.3) is 0 Å². The first-order valence-electron chi connectivity index (χ1n) is 9.50. The fourth-order valence-electron chi connectivity index (χ4n) is 3.60. The highest BCUT2D eigenvalue weighted by molar-refractivity contribution is 7.90. The lowest BCUT2D eigenvalue weighted by Gasteiger charge is -2.26. The highest BCUT2D eigenvalue weighted by Crippen LogP contribution is 2.35. The highest BCUT2D eigenvalue weighted by Gasteiger charge is 2.43. The normalized spacial score (nSPS) is 24.8. The summed E-state index contributed by atoms with van der Waals surface area (Å²) < 4.78 is 71.9. The van der Waals surface area contributed by atoms with Gasteiger partial charge in [-0.15, -0.1) is 0 Å². The molecule has 2 fully saturated rings. The monoisotopic (exact) mass is 437 g/mol. The van der Waals surface area contributed by atoms with E-state index >= 15 is 0 Å². The van der Waals surface area contributed by atoms with Gasteiger partial charge in [0, 0.05) is 26.7 Å². The summed E-state index contributed by atoms with van der Waals surface area (Å²) in [7, 11) is -2.13. The third-order valence-electron chi connectivity index (χ3n) is 5.22. The molecule has 2 aliphatic heterocycles. The standard InChI is InChI=1S/C18H26F3N3O4S/c1-23-17(14-3-5-15(6-4-14)18(19,20)21)16(13-28-23)29(25,26)22-7-2-8-24-9-11-27-12-10-24/h3-6,16-17,22H,2,7-13H2,1H3. The maximum atomic E-state index is 12.8. The van der Waals surface area contributed by atoms with Gasteiger partial charge in [0.1, 0.15) is 5.25 Å². The molecule has 0 saturated carbocycles. The molecule has 1 aromatic carbocycles. The van der Waals surface area contributed by atoms with Crippen molar-refractivity contribution in [1.82, 2.24) is 14.7 Å². The lowest BCUT2D eigenvalue weighted by molar-refractivity contribution is -0.137. The second kappa shape index (κ2) is 9.27. The molecule has 1 aromatic rings. The third-order valence-corrected chi connectivity index (χ3v) is 7.02. The summed E-state index contributed by atoms with van der Waals surface area (Å²) in [6.45, 7) is 4.06. The predicted octanol–water partition coefficient (Wildman–Crippen LogP) is 1.63. The summed E-state index contributed by atoms with van der Waals surface area (Å²) in [4.78, 5) is 7.61. The number of hydroxylamine groups is 2. The van der Waals surface area contributed by atoms with Crippen LogP contribution in [0.4, 0.5) is 13.2 Å². The molecule has 2 unspecified atom stereocenters. The van der Waals surface area contributed by atoms with Gasteiger partial charge in [-0.1, -0.05) is 12.1 Å². The molecule has 2 saturated heterocycles. The van der Waals surface area contributed by atoms with Crippen LogP contribution in [0, 0.1) is 0 Å². The van der Waals surface area contributed by atoms with Gasteiger partial charge in [0.15, 0.2) is 0 Å². The summed E-state index contributed by atoms with van der Waals surface area (Å²) >= 11 is 0. The number of hydrogen-bond donors (Lipinski definition) is 1. The maximum absolute atomic E-state index is 12.8. The van der Waals surface area contributed by atoms with E-state index in [1.54, 1.807) is 7.05 Å². The molecule has 0 aliphatic carbocycles. The third kappa shape index (κ3) is 5.68. The van der Waals surface area contributed by atoms with Gasteiger partial charge in [-0.3, -0.25) is 9.74 Å². The number of morpholine rings is 1. The van der Waals surface area contributed by atoms with Gasteiger partial charge in [0.05, 0.1) is 31.4 Å². The van der Waals surface area contributed by atoms with E-state index in [9.17, 15) is 21.6 Å².